The van der Waals surface area contributed by atoms with Crippen LogP contribution in [0.1, 0.15) is 48.7 Å². The highest BCUT2D eigenvalue weighted by Gasteiger charge is 2.41. The molecule has 0 saturated carbocycles. The van der Waals surface area contributed by atoms with E-state index in [1.807, 2.05) is 37.8 Å². The van der Waals surface area contributed by atoms with Crippen LogP contribution in [0.3, 0.4) is 0 Å². The number of rotatable bonds is 5. The molecule has 0 radical (unpaired) electrons. The third kappa shape index (κ3) is 3.37. The predicted octanol–water partition coefficient (Wildman–Crippen LogP) is 1.58. The van der Waals surface area contributed by atoms with Crippen molar-refractivity contribution in [3.05, 3.63) is 29.2 Å². The Kier molecular flexibility index (Phi) is 4.96. The second-order valence-corrected chi connectivity index (χ2v) is 9.73. The highest BCUT2D eigenvalue weighted by Crippen LogP contribution is 2.37. The fraction of sp³-hybridized carbons (Fsp3) is 0.667. The van der Waals surface area contributed by atoms with Crippen molar-refractivity contribution < 1.29 is 8.42 Å². The Labute approximate surface area is 161 Å². The molecule has 4 rings (SSSR count). The molecule has 9 heteroatoms. The first-order chi connectivity index (χ1) is 12.9. The van der Waals surface area contributed by atoms with Gasteiger partial charge in [0.1, 0.15) is 0 Å². The van der Waals surface area contributed by atoms with E-state index in [2.05, 4.69) is 15.0 Å². The van der Waals surface area contributed by atoms with E-state index in [0.29, 0.717) is 26.2 Å². The van der Waals surface area contributed by atoms with Crippen molar-refractivity contribution in [1.29, 1.82) is 0 Å². The molecule has 0 aliphatic carbocycles. The topological polar surface area (TPSA) is 74.1 Å². The molecule has 2 fully saturated rings. The van der Waals surface area contributed by atoms with E-state index in [9.17, 15) is 8.42 Å². The summed E-state index contributed by atoms with van der Waals surface area (Å²) in [6, 6.07) is 1.74. The Balaban J connectivity index is 1.81. The van der Waals surface area contributed by atoms with Crippen molar-refractivity contribution in [2.75, 3.05) is 33.7 Å². The minimum Gasteiger partial charge on any atom is -0.305 e. The van der Waals surface area contributed by atoms with Crippen LogP contribution < -0.4 is 0 Å². The minimum atomic E-state index is -3.45. The van der Waals surface area contributed by atoms with Gasteiger partial charge < -0.3 is 4.90 Å². The Morgan fingerprint density at radius 3 is 2.63 bits per heavy atom. The number of hydrogen-bond acceptors (Lipinski definition) is 5. The summed E-state index contributed by atoms with van der Waals surface area (Å²) in [5.74, 6) is 0. The van der Waals surface area contributed by atoms with Gasteiger partial charge in [0.25, 0.3) is 10.2 Å². The molecule has 1 unspecified atom stereocenters. The predicted molar refractivity (Wildman–Crippen MR) is 104 cm³/mol. The summed E-state index contributed by atoms with van der Waals surface area (Å²) in [7, 11) is 0.568. The second kappa shape index (κ2) is 7.12. The molecule has 8 nitrogen and oxygen atoms in total. The first-order valence-electron chi connectivity index (χ1n) is 9.64. The lowest BCUT2D eigenvalue weighted by Crippen LogP contribution is -2.42. The molecule has 1 atom stereocenters. The van der Waals surface area contributed by atoms with Crippen LogP contribution in [0.2, 0.25) is 0 Å². The van der Waals surface area contributed by atoms with Crippen LogP contribution in [-0.2, 0) is 16.8 Å². The Morgan fingerprint density at radius 1 is 1.19 bits per heavy atom. The molecule has 2 aliphatic heterocycles. The van der Waals surface area contributed by atoms with Crippen molar-refractivity contribution in [1.82, 2.24) is 28.1 Å². The fourth-order valence-corrected chi connectivity index (χ4v) is 6.18. The van der Waals surface area contributed by atoms with Crippen molar-refractivity contribution in [2.45, 2.75) is 45.2 Å². The van der Waals surface area contributed by atoms with E-state index in [-0.39, 0.29) is 6.04 Å². The zero-order valence-electron chi connectivity index (χ0n) is 16.3. The maximum Gasteiger partial charge on any atom is 0.282 e. The van der Waals surface area contributed by atoms with Crippen LogP contribution in [0.25, 0.3) is 5.65 Å². The van der Waals surface area contributed by atoms with Crippen LogP contribution in [0.5, 0.6) is 0 Å². The SMILES string of the molecule is Cc1cc2ncc(CN(C)C)c(C3CCCN3S(=O)(=O)N3CCCC3)n2n1. The smallest absolute Gasteiger partial charge is 0.282 e. The summed E-state index contributed by atoms with van der Waals surface area (Å²) >= 11 is 0. The molecule has 0 N–H and O–H groups in total. The summed E-state index contributed by atoms with van der Waals surface area (Å²) in [4.78, 5) is 6.63. The molecule has 2 aliphatic rings. The number of aromatic nitrogens is 3. The molecule has 27 heavy (non-hydrogen) atoms. The normalized spacial score (nSPS) is 22.4. The molecule has 0 amide bonds. The van der Waals surface area contributed by atoms with Gasteiger partial charge in [-0.1, -0.05) is 0 Å². The molecule has 0 aromatic carbocycles. The van der Waals surface area contributed by atoms with Crippen molar-refractivity contribution >= 4 is 15.9 Å². The van der Waals surface area contributed by atoms with Gasteiger partial charge in [0.15, 0.2) is 5.65 Å². The lowest BCUT2D eigenvalue weighted by molar-refractivity contribution is 0.335. The summed E-state index contributed by atoms with van der Waals surface area (Å²) in [5.41, 5.74) is 3.65. The maximum atomic E-state index is 13.3. The molecule has 148 valence electrons. The average molecular weight is 393 g/mol. The van der Waals surface area contributed by atoms with Gasteiger partial charge in [0, 0.05) is 44.0 Å². The Morgan fingerprint density at radius 2 is 1.93 bits per heavy atom. The molecule has 0 bridgehead atoms. The highest BCUT2D eigenvalue weighted by atomic mass is 32.2. The first-order valence-corrected chi connectivity index (χ1v) is 11.0. The maximum absolute atomic E-state index is 13.3. The Bertz CT molecular complexity index is 933. The number of fused-ring (bicyclic) bond motifs is 1. The second-order valence-electron chi connectivity index (χ2n) is 7.84. The van der Waals surface area contributed by atoms with Crippen LogP contribution in [0.4, 0.5) is 0 Å². The van der Waals surface area contributed by atoms with E-state index in [1.165, 1.54) is 0 Å². The lowest BCUT2D eigenvalue weighted by atomic mass is 10.1. The van der Waals surface area contributed by atoms with E-state index in [1.54, 1.807) is 8.61 Å². The minimum absolute atomic E-state index is 0.199. The molecule has 2 aromatic rings. The fourth-order valence-electron chi connectivity index (χ4n) is 4.28. The van der Waals surface area contributed by atoms with E-state index < -0.39 is 10.2 Å². The van der Waals surface area contributed by atoms with Crippen molar-refractivity contribution in [3.63, 3.8) is 0 Å². The van der Waals surface area contributed by atoms with Crippen LogP contribution in [-0.4, -0.2) is 70.3 Å². The van der Waals surface area contributed by atoms with Crippen LogP contribution >= 0.6 is 0 Å². The summed E-state index contributed by atoms with van der Waals surface area (Å²) < 4.78 is 31.8. The van der Waals surface area contributed by atoms with Gasteiger partial charge in [-0.2, -0.15) is 22.1 Å². The first kappa shape index (κ1) is 18.8. The zero-order chi connectivity index (χ0) is 19.2. The van der Waals surface area contributed by atoms with Gasteiger partial charge in [-0.25, -0.2) is 9.50 Å². The Hall–Kier alpha value is -1.55. The van der Waals surface area contributed by atoms with Crippen molar-refractivity contribution in [3.8, 4) is 0 Å². The van der Waals surface area contributed by atoms with E-state index >= 15 is 0 Å². The van der Waals surface area contributed by atoms with Gasteiger partial charge in [-0.15, -0.1) is 0 Å². The third-order valence-corrected chi connectivity index (χ3v) is 7.46. The van der Waals surface area contributed by atoms with Crippen LogP contribution in [0.15, 0.2) is 12.3 Å². The molecule has 0 spiro atoms. The molecule has 2 saturated heterocycles. The highest BCUT2D eigenvalue weighted by molar-refractivity contribution is 7.86. The summed E-state index contributed by atoms with van der Waals surface area (Å²) in [6.45, 7) is 4.46. The molecule has 4 heterocycles. The summed E-state index contributed by atoms with van der Waals surface area (Å²) in [5, 5.41) is 4.64. The van der Waals surface area contributed by atoms with E-state index in [0.717, 1.165) is 48.3 Å². The number of aryl methyl sites for hydroxylation is 1. The monoisotopic (exact) mass is 392 g/mol. The van der Waals surface area contributed by atoms with Gasteiger partial charge in [0.05, 0.1) is 17.4 Å². The van der Waals surface area contributed by atoms with Gasteiger partial charge in [-0.3, -0.25) is 0 Å². The molecule has 2 aromatic heterocycles. The van der Waals surface area contributed by atoms with Gasteiger partial charge in [0.2, 0.25) is 0 Å². The quantitative estimate of drug-likeness (QED) is 0.772. The molecular weight excluding hydrogens is 364 g/mol. The average Bonchev–Trinajstić information content (AvgIpc) is 3.34. The lowest BCUT2D eigenvalue weighted by Gasteiger charge is -2.30. The van der Waals surface area contributed by atoms with Crippen molar-refractivity contribution in [2.24, 2.45) is 0 Å². The van der Waals surface area contributed by atoms with E-state index in [4.69, 9.17) is 0 Å². The third-order valence-electron chi connectivity index (χ3n) is 5.42. The number of nitrogens with zero attached hydrogens (tertiary/aromatic N) is 6. The van der Waals surface area contributed by atoms with Gasteiger partial charge >= 0.3 is 0 Å². The zero-order valence-corrected chi connectivity index (χ0v) is 17.1. The standard InChI is InChI=1S/C18H28N6O2S/c1-14-11-17-19-12-15(13-21(2)3)18(24(17)20-14)16-7-6-10-23(16)27(25,26)22-8-4-5-9-22/h11-12,16H,4-10,13H2,1-3H3. The largest absolute Gasteiger partial charge is 0.305 e. The number of hydrogen-bond donors (Lipinski definition) is 0. The van der Waals surface area contributed by atoms with Gasteiger partial charge in [-0.05, 0) is 46.7 Å². The van der Waals surface area contributed by atoms with Crippen LogP contribution in [0, 0.1) is 6.92 Å². The molecular formula is C18H28N6O2S. The summed E-state index contributed by atoms with van der Waals surface area (Å²) in [6.07, 6.45) is 5.45.